The second kappa shape index (κ2) is 7.15. The third-order valence-electron chi connectivity index (χ3n) is 2.95. The van der Waals surface area contributed by atoms with E-state index in [0.717, 1.165) is 5.56 Å². The lowest BCUT2D eigenvalue weighted by atomic mass is 10.2. The summed E-state index contributed by atoms with van der Waals surface area (Å²) in [4.78, 5) is 4.25. The Morgan fingerprint density at radius 1 is 1.10 bits per heavy atom. The van der Waals surface area contributed by atoms with Crippen molar-refractivity contribution in [2.45, 2.75) is 13.0 Å². The van der Waals surface area contributed by atoms with Crippen molar-refractivity contribution < 1.29 is 14.2 Å². The Morgan fingerprint density at radius 2 is 1.86 bits per heavy atom. The third-order valence-corrected chi connectivity index (χ3v) is 2.95. The van der Waals surface area contributed by atoms with Crippen molar-refractivity contribution in [3.8, 4) is 23.3 Å². The highest BCUT2D eigenvalue weighted by Crippen LogP contribution is 2.29. The van der Waals surface area contributed by atoms with Crippen molar-refractivity contribution in [1.29, 1.82) is 5.26 Å². The number of benzene rings is 1. The zero-order chi connectivity index (χ0) is 15.1. The zero-order valence-electron chi connectivity index (χ0n) is 12.0. The van der Waals surface area contributed by atoms with Crippen LogP contribution in [0.1, 0.15) is 11.3 Å². The summed E-state index contributed by atoms with van der Waals surface area (Å²) in [5, 5.41) is 8.63. The van der Waals surface area contributed by atoms with Gasteiger partial charge < -0.3 is 14.2 Å². The van der Waals surface area contributed by atoms with Gasteiger partial charge in [0.25, 0.3) is 0 Å². The van der Waals surface area contributed by atoms with Crippen LogP contribution >= 0.6 is 0 Å². The number of aromatic nitrogens is 1. The van der Waals surface area contributed by atoms with Crippen molar-refractivity contribution in [2.75, 3.05) is 14.2 Å². The molecule has 0 aliphatic heterocycles. The van der Waals surface area contributed by atoms with Crippen molar-refractivity contribution in [3.05, 3.63) is 47.8 Å². The molecular formula is C16H16N2O3. The van der Waals surface area contributed by atoms with Gasteiger partial charge in [-0.1, -0.05) is 12.1 Å². The van der Waals surface area contributed by atoms with Crippen LogP contribution in [0.5, 0.6) is 17.2 Å². The lowest BCUT2D eigenvalue weighted by molar-refractivity contribution is 0.284. The van der Waals surface area contributed by atoms with Crippen molar-refractivity contribution in [3.63, 3.8) is 0 Å². The summed E-state index contributed by atoms with van der Waals surface area (Å²) in [6.07, 6.45) is 2.04. The molecule has 0 spiro atoms. The third kappa shape index (κ3) is 3.63. The first kappa shape index (κ1) is 14.7. The van der Waals surface area contributed by atoms with Gasteiger partial charge in [0.15, 0.2) is 11.5 Å². The summed E-state index contributed by atoms with van der Waals surface area (Å²) in [5.41, 5.74) is 1.62. The maximum atomic E-state index is 8.63. The SMILES string of the molecule is COc1ccnc(COc2ccc(CC#N)cc2)c1OC. The summed E-state index contributed by atoms with van der Waals surface area (Å²) in [7, 11) is 3.15. The smallest absolute Gasteiger partial charge is 0.185 e. The van der Waals surface area contributed by atoms with Crippen molar-refractivity contribution in [2.24, 2.45) is 0 Å². The Bertz CT molecular complexity index is 633. The van der Waals surface area contributed by atoms with E-state index in [0.29, 0.717) is 29.4 Å². The predicted octanol–water partition coefficient (Wildman–Crippen LogP) is 2.74. The molecule has 2 aromatic rings. The molecule has 0 radical (unpaired) electrons. The lowest BCUT2D eigenvalue weighted by Gasteiger charge is -2.12. The molecule has 2 rings (SSSR count). The van der Waals surface area contributed by atoms with E-state index >= 15 is 0 Å². The number of nitriles is 1. The molecule has 1 heterocycles. The van der Waals surface area contributed by atoms with Crippen LogP contribution in [0.3, 0.4) is 0 Å². The van der Waals surface area contributed by atoms with Gasteiger partial charge in [0.1, 0.15) is 18.1 Å². The molecule has 0 unspecified atom stereocenters. The number of pyridine rings is 1. The lowest BCUT2D eigenvalue weighted by Crippen LogP contribution is -2.03. The van der Waals surface area contributed by atoms with Gasteiger partial charge in [-0.2, -0.15) is 5.26 Å². The van der Waals surface area contributed by atoms with Crippen LogP contribution < -0.4 is 14.2 Å². The molecule has 0 amide bonds. The van der Waals surface area contributed by atoms with E-state index in [1.807, 2.05) is 24.3 Å². The Balaban J connectivity index is 2.08. The number of hydrogen-bond donors (Lipinski definition) is 0. The molecule has 0 atom stereocenters. The van der Waals surface area contributed by atoms with Gasteiger partial charge in [0.05, 0.1) is 26.7 Å². The molecule has 0 saturated heterocycles. The number of ether oxygens (including phenoxy) is 3. The van der Waals surface area contributed by atoms with E-state index in [4.69, 9.17) is 19.5 Å². The van der Waals surface area contributed by atoms with E-state index in [1.54, 1.807) is 26.5 Å². The number of methoxy groups -OCH3 is 2. The minimum absolute atomic E-state index is 0.276. The standard InChI is InChI=1S/C16H16N2O3/c1-19-15-8-10-18-14(16(15)20-2)11-21-13-5-3-12(4-6-13)7-9-17/h3-6,8,10H,7,11H2,1-2H3. The molecule has 0 bridgehead atoms. The quantitative estimate of drug-likeness (QED) is 0.816. The highest BCUT2D eigenvalue weighted by Gasteiger charge is 2.11. The highest BCUT2D eigenvalue weighted by atomic mass is 16.5. The van der Waals surface area contributed by atoms with Crippen molar-refractivity contribution >= 4 is 0 Å². The van der Waals surface area contributed by atoms with Gasteiger partial charge in [-0.05, 0) is 17.7 Å². The fourth-order valence-electron chi connectivity index (χ4n) is 1.90. The summed E-state index contributed by atoms with van der Waals surface area (Å²) >= 11 is 0. The van der Waals surface area contributed by atoms with Crippen LogP contribution in [0.2, 0.25) is 0 Å². The molecule has 5 heteroatoms. The molecule has 0 saturated carbocycles. The van der Waals surface area contributed by atoms with Crippen LogP contribution in [0.4, 0.5) is 0 Å². The topological polar surface area (TPSA) is 64.4 Å². The molecular weight excluding hydrogens is 268 g/mol. The van der Waals surface area contributed by atoms with E-state index in [9.17, 15) is 0 Å². The van der Waals surface area contributed by atoms with Crippen molar-refractivity contribution in [1.82, 2.24) is 4.98 Å². The molecule has 108 valence electrons. The van der Waals surface area contributed by atoms with E-state index in [-0.39, 0.29) is 6.61 Å². The second-order valence-electron chi connectivity index (χ2n) is 4.26. The van der Waals surface area contributed by atoms with Crippen LogP contribution in [-0.2, 0) is 13.0 Å². The molecule has 0 aliphatic carbocycles. The molecule has 0 fully saturated rings. The highest BCUT2D eigenvalue weighted by molar-refractivity contribution is 5.42. The Morgan fingerprint density at radius 3 is 2.48 bits per heavy atom. The number of nitrogens with zero attached hydrogens (tertiary/aromatic N) is 2. The summed E-state index contributed by atoms with van der Waals surface area (Å²) in [6, 6.07) is 11.2. The van der Waals surface area contributed by atoms with Crippen LogP contribution in [0.15, 0.2) is 36.5 Å². The summed E-state index contributed by atoms with van der Waals surface area (Å²) < 4.78 is 16.2. The van der Waals surface area contributed by atoms with Crippen LogP contribution in [0.25, 0.3) is 0 Å². The maximum absolute atomic E-state index is 8.63. The molecule has 0 N–H and O–H groups in total. The second-order valence-corrected chi connectivity index (χ2v) is 4.26. The first-order chi connectivity index (χ1) is 10.3. The maximum Gasteiger partial charge on any atom is 0.185 e. The van der Waals surface area contributed by atoms with Gasteiger partial charge >= 0.3 is 0 Å². The first-order valence-corrected chi connectivity index (χ1v) is 6.43. The van der Waals surface area contributed by atoms with E-state index < -0.39 is 0 Å². The Hall–Kier alpha value is -2.74. The average molecular weight is 284 g/mol. The summed E-state index contributed by atoms with van der Waals surface area (Å²) in [6.45, 7) is 0.276. The monoisotopic (exact) mass is 284 g/mol. The van der Waals surface area contributed by atoms with E-state index in [1.165, 1.54) is 0 Å². The Labute approximate surface area is 123 Å². The first-order valence-electron chi connectivity index (χ1n) is 6.43. The number of rotatable bonds is 6. The zero-order valence-corrected chi connectivity index (χ0v) is 12.0. The normalized spacial score (nSPS) is 9.76. The van der Waals surface area contributed by atoms with Gasteiger partial charge in [-0.3, -0.25) is 4.98 Å². The minimum Gasteiger partial charge on any atom is -0.493 e. The fraction of sp³-hybridized carbons (Fsp3) is 0.250. The molecule has 0 aliphatic rings. The minimum atomic E-state index is 0.276. The molecule has 21 heavy (non-hydrogen) atoms. The van der Waals surface area contributed by atoms with Gasteiger partial charge in [-0.15, -0.1) is 0 Å². The largest absolute Gasteiger partial charge is 0.493 e. The van der Waals surface area contributed by atoms with Gasteiger partial charge in [0, 0.05) is 12.3 Å². The summed E-state index contributed by atoms with van der Waals surface area (Å²) in [5.74, 6) is 1.90. The van der Waals surface area contributed by atoms with Gasteiger partial charge in [0.2, 0.25) is 0 Å². The van der Waals surface area contributed by atoms with Gasteiger partial charge in [-0.25, -0.2) is 0 Å². The average Bonchev–Trinajstić information content (AvgIpc) is 2.54. The fourth-order valence-corrected chi connectivity index (χ4v) is 1.90. The molecule has 5 nitrogen and oxygen atoms in total. The van der Waals surface area contributed by atoms with Crippen LogP contribution in [-0.4, -0.2) is 19.2 Å². The van der Waals surface area contributed by atoms with Crippen LogP contribution in [0, 0.1) is 11.3 Å². The number of hydrogen-bond acceptors (Lipinski definition) is 5. The predicted molar refractivity (Wildman–Crippen MR) is 77.4 cm³/mol. The molecule has 1 aromatic carbocycles. The molecule has 1 aromatic heterocycles. The Kier molecular flexibility index (Phi) is 4.99. The van der Waals surface area contributed by atoms with E-state index in [2.05, 4.69) is 11.1 Å².